The molecule has 1 aromatic carbocycles. The van der Waals surface area contributed by atoms with Gasteiger partial charge in [-0.1, -0.05) is 15.9 Å². The first kappa shape index (κ1) is 16.5. The van der Waals surface area contributed by atoms with Crippen LogP contribution >= 0.6 is 15.9 Å². The van der Waals surface area contributed by atoms with Crippen LogP contribution in [-0.2, 0) is 16.3 Å². The quantitative estimate of drug-likeness (QED) is 0.884. The molecule has 0 aromatic heterocycles. The number of methoxy groups -OCH3 is 1. The Bertz CT molecular complexity index is 555. The first-order chi connectivity index (χ1) is 8.59. The van der Waals surface area contributed by atoms with Crippen LogP contribution in [0.5, 0.6) is 5.75 Å². The van der Waals surface area contributed by atoms with Gasteiger partial charge in [0, 0.05) is 16.8 Å². The van der Waals surface area contributed by atoms with Gasteiger partial charge in [0.05, 0.1) is 11.9 Å². The number of benzene rings is 1. The van der Waals surface area contributed by atoms with Crippen LogP contribution in [0.15, 0.2) is 22.7 Å². The number of sulfone groups is 1. The van der Waals surface area contributed by atoms with Crippen molar-refractivity contribution < 1.29 is 13.2 Å². The molecule has 6 heteroatoms. The molecule has 0 radical (unpaired) electrons. The monoisotopic (exact) mass is 349 g/mol. The Morgan fingerprint density at radius 1 is 1.42 bits per heavy atom. The SMILES string of the molecule is COc1ccc(Br)cc1CC(N)C(C)(C)S(C)(=O)=O. The summed E-state index contributed by atoms with van der Waals surface area (Å²) in [6, 6.07) is 5.09. The van der Waals surface area contributed by atoms with Crippen LogP contribution in [0.3, 0.4) is 0 Å². The van der Waals surface area contributed by atoms with E-state index in [0.717, 1.165) is 10.0 Å². The minimum absolute atomic E-state index is 0.433. The van der Waals surface area contributed by atoms with Crippen LogP contribution in [0.25, 0.3) is 0 Å². The fraction of sp³-hybridized carbons (Fsp3) is 0.538. The predicted octanol–water partition coefficient (Wildman–Crippen LogP) is 2.15. The van der Waals surface area contributed by atoms with Gasteiger partial charge in [-0.2, -0.15) is 0 Å². The van der Waals surface area contributed by atoms with Crippen LogP contribution in [0.4, 0.5) is 0 Å². The maximum atomic E-state index is 11.8. The van der Waals surface area contributed by atoms with Gasteiger partial charge < -0.3 is 10.5 Å². The predicted molar refractivity (Wildman–Crippen MR) is 81.3 cm³/mol. The van der Waals surface area contributed by atoms with Crippen LogP contribution in [0, 0.1) is 0 Å². The molecule has 2 N–H and O–H groups in total. The van der Waals surface area contributed by atoms with Gasteiger partial charge in [-0.3, -0.25) is 0 Å². The summed E-state index contributed by atoms with van der Waals surface area (Å²) in [5, 5.41) is 0. The van der Waals surface area contributed by atoms with Crippen LogP contribution in [0.1, 0.15) is 19.4 Å². The zero-order valence-electron chi connectivity index (χ0n) is 11.6. The second kappa shape index (κ2) is 5.81. The third-order valence-corrected chi connectivity index (χ3v) is 6.24. The van der Waals surface area contributed by atoms with Crippen molar-refractivity contribution in [3.63, 3.8) is 0 Å². The Hall–Kier alpha value is -0.590. The average Bonchev–Trinajstić information content (AvgIpc) is 2.27. The van der Waals surface area contributed by atoms with E-state index in [0.29, 0.717) is 12.2 Å². The normalized spacial score (nSPS) is 14.2. The van der Waals surface area contributed by atoms with E-state index in [-0.39, 0.29) is 0 Å². The molecular weight excluding hydrogens is 330 g/mol. The molecule has 1 atom stereocenters. The van der Waals surface area contributed by atoms with E-state index in [4.69, 9.17) is 10.5 Å². The van der Waals surface area contributed by atoms with E-state index in [1.54, 1.807) is 21.0 Å². The van der Waals surface area contributed by atoms with Crippen molar-refractivity contribution in [3.05, 3.63) is 28.2 Å². The zero-order chi connectivity index (χ0) is 14.8. The van der Waals surface area contributed by atoms with E-state index >= 15 is 0 Å². The second-order valence-corrected chi connectivity index (χ2v) is 8.65. The lowest BCUT2D eigenvalue weighted by Gasteiger charge is -2.30. The van der Waals surface area contributed by atoms with Crippen molar-refractivity contribution in [1.82, 2.24) is 0 Å². The van der Waals surface area contributed by atoms with Crippen molar-refractivity contribution in [2.45, 2.75) is 31.1 Å². The standard InChI is InChI=1S/C13H20BrNO3S/c1-13(2,19(4,16)17)12(15)8-9-7-10(14)5-6-11(9)18-3/h5-7,12H,8,15H2,1-4H3. The van der Waals surface area contributed by atoms with Gasteiger partial charge in [0.2, 0.25) is 0 Å². The van der Waals surface area contributed by atoms with E-state index in [9.17, 15) is 8.42 Å². The molecule has 4 nitrogen and oxygen atoms in total. The topological polar surface area (TPSA) is 69.4 Å². The first-order valence-corrected chi connectivity index (χ1v) is 8.55. The maximum absolute atomic E-state index is 11.8. The van der Waals surface area contributed by atoms with Gasteiger partial charge in [0.25, 0.3) is 0 Å². The van der Waals surface area contributed by atoms with Crippen molar-refractivity contribution >= 4 is 25.8 Å². The first-order valence-electron chi connectivity index (χ1n) is 5.87. The maximum Gasteiger partial charge on any atom is 0.154 e. The summed E-state index contributed by atoms with van der Waals surface area (Å²) in [7, 11) is -1.65. The van der Waals surface area contributed by atoms with Gasteiger partial charge in [0.1, 0.15) is 5.75 Å². The molecule has 0 saturated carbocycles. The highest BCUT2D eigenvalue weighted by molar-refractivity contribution is 9.10. The molecule has 0 aliphatic rings. The number of ether oxygens (including phenoxy) is 1. The molecule has 1 unspecified atom stereocenters. The highest BCUT2D eigenvalue weighted by Gasteiger charge is 2.37. The molecule has 0 fully saturated rings. The number of halogens is 1. The number of hydrogen-bond donors (Lipinski definition) is 1. The molecule has 19 heavy (non-hydrogen) atoms. The summed E-state index contributed by atoms with van der Waals surface area (Å²) < 4.78 is 28.8. The largest absolute Gasteiger partial charge is 0.496 e. The Labute approximate surface area is 123 Å². The van der Waals surface area contributed by atoms with E-state index in [2.05, 4.69) is 15.9 Å². The van der Waals surface area contributed by atoms with Gasteiger partial charge in [-0.25, -0.2) is 8.42 Å². The Balaban J connectivity index is 3.06. The highest BCUT2D eigenvalue weighted by Crippen LogP contribution is 2.28. The fourth-order valence-electron chi connectivity index (χ4n) is 1.66. The molecule has 0 aliphatic carbocycles. The smallest absolute Gasteiger partial charge is 0.154 e. The molecule has 0 saturated heterocycles. The lowest BCUT2D eigenvalue weighted by atomic mass is 9.96. The van der Waals surface area contributed by atoms with Crippen molar-refractivity contribution in [2.75, 3.05) is 13.4 Å². The number of rotatable bonds is 5. The Morgan fingerprint density at radius 3 is 2.47 bits per heavy atom. The summed E-state index contributed by atoms with van der Waals surface area (Å²) >= 11 is 3.39. The molecule has 1 rings (SSSR count). The van der Waals surface area contributed by atoms with Gasteiger partial charge >= 0.3 is 0 Å². The fourth-order valence-corrected chi connectivity index (χ4v) is 2.71. The molecule has 0 amide bonds. The minimum atomic E-state index is -3.23. The molecule has 0 bridgehead atoms. The van der Waals surface area contributed by atoms with Gasteiger partial charge in [-0.15, -0.1) is 0 Å². The summed E-state index contributed by atoms with van der Waals surface area (Å²) in [6.45, 7) is 3.30. The summed E-state index contributed by atoms with van der Waals surface area (Å²) in [4.78, 5) is 0. The summed E-state index contributed by atoms with van der Waals surface area (Å²) in [6.07, 6.45) is 1.65. The lowest BCUT2D eigenvalue weighted by molar-refractivity contribution is 0.404. The third-order valence-electron chi connectivity index (χ3n) is 3.53. The second-order valence-electron chi connectivity index (χ2n) is 5.14. The molecule has 0 aliphatic heterocycles. The van der Waals surface area contributed by atoms with Crippen molar-refractivity contribution in [2.24, 2.45) is 5.73 Å². The molecule has 0 spiro atoms. The van der Waals surface area contributed by atoms with E-state index in [1.165, 1.54) is 6.26 Å². The zero-order valence-corrected chi connectivity index (χ0v) is 14.0. The lowest BCUT2D eigenvalue weighted by Crippen LogP contribution is -2.50. The Kier molecular flexibility index (Phi) is 5.03. The average molecular weight is 350 g/mol. The van der Waals surface area contributed by atoms with Crippen molar-refractivity contribution in [3.8, 4) is 5.75 Å². The van der Waals surface area contributed by atoms with Crippen LogP contribution in [0.2, 0.25) is 0 Å². The van der Waals surface area contributed by atoms with E-state index < -0.39 is 20.6 Å². The summed E-state index contributed by atoms with van der Waals surface area (Å²) in [5.41, 5.74) is 6.98. The van der Waals surface area contributed by atoms with Crippen molar-refractivity contribution in [1.29, 1.82) is 0 Å². The van der Waals surface area contributed by atoms with Crippen LogP contribution < -0.4 is 10.5 Å². The van der Waals surface area contributed by atoms with Gasteiger partial charge in [-0.05, 0) is 44.0 Å². The molecule has 1 aromatic rings. The van der Waals surface area contributed by atoms with Gasteiger partial charge in [0.15, 0.2) is 9.84 Å². The number of hydrogen-bond acceptors (Lipinski definition) is 4. The van der Waals surface area contributed by atoms with E-state index in [1.807, 2.05) is 18.2 Å². The molecule has 108 valence electrons. The van der Waals surface area contributed by atoms with Crippen LogP contribution in [-0.4, -0.2) is 32.6 Å². The third kappa shape index (κ3) is 3.70. The minimum Gasteiger partial charge on any atom is -0.496 e. The Morgan fingerprint density at radius 2 is 2.00 bits per heavy atom. The highest BCUT2D eigenvalue weighted by atomic mass is 79.9. The number of nitrogens with two attached hydrogens (primary N) is 1. The molecule has 0 heterocycles. The molecular formula is C13H20BrNO3S. The summed E-state index contributed by atoms with van der Waals surface area (Å²) in [5.74, 6) is 0.711.